The van der Waals surface area contributed by atoms with E-state index in [1.54, 1.807) is 55.5 Å². The minimum absolute atomic E-state index is 0.120. The Labute approximate surface area is 204 Å². The first-order chi connectivity index (χ1) is 16.3. The average molecular weight is 499 g/mol. The number of aliphatic hydroxyl groups is 1. The van der Waals surface area contributed by atoms with Crippen molar-refractivity contribution in [3.05, 3.63) is 80.8 Å². The van der Waals surface area contributed by atoms with Gasteiger partial charge in [-0.3, -0.25) is 14.5 Å². The van der Waals surface area contributed by atoms with Gasteiger partial charge in [0, 0.05) is 10.6 Å². The van der Waals surface area contributed by atoms with Crippen LogP contribution in [0.1, 0.15) is 32.5 Å². The molecule has 1 fully saturated rings. The fraction of sp³-hybridized carbons (Fsp3) is 0.167. The van der Waals surface area contributed by atoms with Gasteiger partial charge < -0.3 is 14.6 Å². The van der Waals surface area contributed by atoms with Crippen molar-refractivity contribution in [3.8, 4) is 5.75 Å². The Morgan fingerprint density at radius 1 is 1.15 bits per heavy atom. The number of halogens is 1. The molecule has 34 heavy (non-hydrogen) atoms. The topological polar surface area (TPSA) is 106 Å². The van der Waals surface area contributed by atoms with Crippen molar-refractivity contribution >= 4 is 51.5 Å². The number of Topliss-reactive ketones (excluding diaryl/α,β-unsaturated/α-hetero) is 1. The van der Waals surface area contributed by atoms with Gasteiger partial charge in [-0.15, -0.1) is 0 Å². The van der Waals surface area contributed by atoms with Crippen molar-refractivity contribution in [2.24, 2.45) is 0 Å². The lowest BCUT2D eigenvalue weighted by Crippen LogP contribution is -2.29. The van der Waals surface area contributed by atoms with Crippen molar-refractivity contribution < 1.29 is 29.0 Å². The molecule has 1 aromatic heterocycles. The Morgan fingerprint density at radius 3 is 2.47 bits per heavy atom. The van der Waals surface area contributed by atoms with E-state index in [9.17, 15) is 19.5 Å². The first-order valence-electron chi connectivity index (χ1n) is 10.0. The number of thiazole rings is 1. The molecule has 3 aromatic rings. The number of aromatic nitrogens is 1. The van der Waals surface area contributed by atoms with E-state index < -0.39 is 23.7 Å². The van der Waals surface area contributed by atoms with E-state index in [0.717, 1.165) is 11.3 Å². The molecule has 2 aromatic carbocycles. The number of aliphatic hydroxyl groups excluding tert-OH is 1. The fourth-order valence-electron chi connectivity index (χ4n) is 3.69. The van der Waals surface area contributed by atoms with E-state index >= 15 is 0 Å². The molecule has 1 atom stereocenters. The van der Waals surface area contributed by atoms with Crippen LogP contribution in [-0.2, 0) is 14.3 Å². The van der Waals surface area contributed by atoms with Gasteiger partial charge in [0.2, 0.25) is 0 Å². The minimum atomic E-state index is -1.02. The lowest BCUT2D eigenvalue weighted by molar-refractivity contribution is -0.132. The molecule has 1 aliphatic rings. The van der Waals surface area contributed by atoms with E-state index in [2.05, 4.69) is 4.98 Å². The number of carbonyl (C=O) groups is 3. The zero-order valence-corrected chi connectivity index (χ0v) is 19.9. The van der Waals surface area contributed by atoms with Gasteiger partial charge in [0.25, 0.3) is 5.78 Å². The zero-order chi connectivity index (χ0) is 24.6. The smallest absolute Gasteiger partial charge is 0.350 e. The third kappa shape index (κ3) is 4.04. The van der Waals surface area contributed by atoms with Crippen molar-refractivity contribution in [1.82, 2.24) is 4.98 Å². The zero-order valence-electron chi connectivity index (χ0n) is 18.4. The van der Waals surface area contributed by atoms with Crippen LogP contribution in [-0.4, -0.2) is 42.0 Å². The molecule has 8 nitrogen and oxygen atoms in total. The van der Waals surface area contributed by atoms with Crippen LogP contribution < -0.4 is 9.64 Å². The summed E-state index contributed by atoms with van der Waals surface area (Å²) >= 11 is 7.13. The van der Waals surface area contributed by atoms with E-state index in [4.69, 9.17) is 21.1 Å². The lowest BCUT2D eigenvalue weighted by atomic mass is 9.95. The number of nitrogens with zero attached hydrogens (tertiary/aromatic N) is 2. The maximum Gasteiger partial charge on any atom is 0.350 e. The largest absolute Gasteiger partial charge is 0.507 e. The lowest BCUT2D eigenvalue weighted by Gasteiger charge is -2.23. The van der Waals surface area contributed by atoms with E-state index in [1.807, 2.05) is 0 Å². The van der Waals surface area contributed by atoms with E-state index in [1.165, 1.54) is 19.1 Å². The van der Waals surface area contributed by atoms with Crippen molar-refractivity contribution in [3.63, 3.8) is 0 Å². The summed E-state index contributed by atoms with van der Waals surface area (Å²) in [5.41, 5.74) is 1.06. The van der Waals surface area contributed by atoms with Gasteiger partial charge in [0.1, 0.15) is 16.4 Å². The Morgan fingerprint density at radius 2 is 1.85 bits per heavy atom. The van der Waals surface area contributed by atoms with Gasteiger partial charge in [-0.2, -0.15) is 0 Å². The number of rotatable bonds is 5. The van der Waals surface area contributed by atoms with Crippen molar-refractivity contribution in [2.45, 2.75) is 13.0 Å². The number of esters is 1. The summed E-state index contributed by atoms with van der Waals surface area (Å²) in [6.07, 6.45) is 0. The second kappa shape index (κ2) is 9.28. The molecule has 0 bridgehead atoms. The quantitative estimate of drug-likeness (QED) is 0.238. The highest BCUT2D eigenvalue weighted by Crippen LogP contribution is 2.44. The van der Waals surface area contributed by atoms with Crippen LogP contribution in [0.2, 0.25) is 5.02 Å². The summed E-state index contributed by atoms with van der Waals surface area (Å²) in [5, 5.41) is 11.6. The molecular weight excluding hydrogens is 480 g/mol. The summed E-state index contributed by atoms with van der Waals surface area (Å²) in [6.45, 7) is 1.61. The molecule has 174 valence electrons. The molecular formula is C24H19ClN2O6S. The molecule has 0 radical (unpaired) electrons. The van der Waals surface area contributed by atoms with Gasteiger partial charge in [-0.05, 0) is 48.9 Å². The highest BCUT2D eigenvalue weighted by Gasteiger charge is 2.48. The molecule has 1 N–H and O–H groups in total. The third-order valence-electron chi connectivity index (χ3n) is 5.33. The molecule has 0 aliphatic carbocycles. The van der Waals surface area contributed by atoms with E-state index in [-0.39, 0.29) is 21.3 Å². The van der Waals surface area contributed by atoms with Gasteiger partial charge in [0.05, 0.1) is 31.5 Å². The monoisotopic (exact) mass is 498 g/mol. The summed E-state index contributed by atoms with van der Waals surface area (Å²) < 4.78 is 9.94. The van der Waals surface area contributed by atoms with Crippen molar-refractivity contribution in [2.75, 3.05) is 19.1 Å². The summed E-state index contributed by atoms with van der Waals surface area (Å²) in [6, 6.07) is 12.0. The van der Waals surface area contributed by atoms with Gasteiger partial charge in [-0.1, -0.05) is 35.1 Å². The van der Waals surface area contributed by atoms with E-state index in [0.29, 0.717) is 27.6 Å². The Kier molecular flexibility index (Phi) is 6.41. The number of hydrogen-bond acceptors (Lipinski definition) is 8. The van der Waals surface area contributed by atoms with Crippen LogP contribution >= 0.6 is 22.9 Å². The molecule has 0 saturated carbocycles. The second-order valence-corrected chi connectivity index (χ2v) is 8.77. The standard InChI is InChI=1S/C24H19ClN2O6S/c1-12-21(23(31)33-3)34-24(26-12)27-18(14-5-4-6-15(25)11-14)17(20(29)22(27)30)19(28)13-7-9-16(32-2)10-8-13/h4-11,18,28H,1-3H3/b19-17+. The predicted molar refractivity (Wildman–Crippen MR) is 127 cm³/mol. The Bertz CT molecular complexity index is 1330. The number of anilines is 1. The Hall–Kier alpha value is -3.69. The molecule has 10 heteroatoms. The summed E-state index contributed by atoms with van der Waals surface area (Å²) in [5.74, 6) is -2.15. The van der Waals surface area contributed by atoms with Gasteiger partial charge in [-0.25, -0.2) is 9.78 Å². The molecule has 1 unspecified atom stereocenters. The van der Waals surface area contributed by atoms with Crippen LogP contribution in [0.4, 0.5) is 5.13 Å². The van der Waals surface area contributed by atoms with Gasteiger partial charge in [0.15, 0.2) is 5.13 Å². The maximum absolute atomic E-state index is 13.2. The molecule has 2 heterocycles. The minimum Gasteiger partial charge on any atom is -0.507 e. The number of benzene rings is 2. The molecule has 4 rings (SSSR count). The number of carbonyl (C=O) groups excluding carboxylic acids is 3. The predicted octanol–water partition coefficient (Wildman–Crippen LogP) is 4.53. The normalized spacial score (nSPS) is 17.2. The number of aryl methyl sites for hydroxylation is 1. The van der Waals surface area contributed by atoms with Crippen LogP contribution in [0.15, 0.2) is 54.1 Å². The van der Waals surface area contributed by atoms with Crippen LogP contribution in [0, 0.1) is 6.92 Å². The summed E-state index contributed by atoms with van der Waals surface area (Å²) in [4.78, 5) is 44.3. The van der Waals surface area contributed by atoms with Crippen molar-refractivity contribution in [1.29, 1.82) is 0 Å². The highest BCUT2D eigenvalue weighted by atomic mass is 35.5. The Balaban J connectivity index is 1.92. The maximum atomic E-state index is 13.2. The third-order valence-corrected chi connectivity index (χ3v) is 6.71. The molecule has 0 spiro atoms. The summed E-state index contributed by atoms with van der Waals surface area (Å²) in [7, 11) is 2.76. The highest BCUT2D eigenvalue weighted by molar-refractivity contribution is 7.17. The number of hydrogen-bond donors (Lipinski definition) is 1. The number of ether oxygens (including phenoxy) is 2. The van der Waals surface area contributed by atoms with Gasteiger partial charge >= 0.3 is 11.9 Å². The second-order valence-electron chi connectivity index (χ2n) is 7.36. The van der Waals surface area contributed by atoms with Crippen LogP contribution in [0.5, 0.6) is 5.75 Å². The SMILES string of the molecule is COC(=O)c1sc(N2C(=O)C(=O)/C(=C(/O)c3ccc(OC)cc3)C2c2cccc(Cl)c2)nc1C. The molecule has 1 amide bonds. The number of methoxy groups -OCH3 is 2. The molecule has 1 aliphatic heterocycles. The first kappa shape index (κ1) is 23.5. The number of amides is 1. The first-order valence-corrected chi connectivity index (χ1v) is 11.2. The number of ketones is 1. The fourth-order valence-corrected chi connectivity index (χ4v) is 4.90. The van der Waals surface area contributed by atoms with Crippen LogP contribution in [0.3, 0.4) is 0 Å². The molecule has 1 saturated heterocycles. The average Bonchev–Trinajstić information content (AvgIpc) is 3.35. The van der Waals surface area contributed by atoms with Crippen LogP contribution in [0.25, 0.3) is 5.76 Å².